The molecule has 7 nitrogen and oxygen atoms in total. The van der Waals surface area contributed by atoms with Gasteiger partial charge in [0.25, 0.3) is 0 Å². The summed E-state index contributed by atoms with van der Waals surface area (Å²) in [5.74, 6) is 1.25. The Kier molecular flexibility index (Phi) is 6.41. The van der Waals surface area contributed by atoms with Gasteiger partial charge in [-0.15, -0.1) is 0 Å². The number of hydrogen-bond donors (Lipinski definition) is 1. The number of sulfone groups is 1. The van der Waals surface area contributed by atoms with Crippen molar-refractivity contribution in [1.82, 2.24) is 15.3 Å². The van der Waals surface area contributed by atoms with E-state index in [1.807, 2.05) is 6.92 Å². The molecule has 1 atom stereocenters. The van der Waals surface area contributed by atoms with Crippen molar-refractivity contribution in [3.63, 3.8) is 0 Å². The first-order valence-corrected chi connectivity index (χ1v) is 12.1. The molecule has 1 aliphatic heterocycles. The second-order valence-electron chi connectivity index (χ2n) is 8.08. The predicted molar refractivity (Wildman–Crippen MR) is 115 cm³/mol. The van der Waals surface area contributed by atoms with Crippen LogP contribution in [0.2, 0.25) is 0 Å². The molecule has 1 aromatic heterocycles. The number of fused-ring (bicyclic) bond motifs is 1. The Morgan fingerprint density at radius 3 is 2.59 bits per heavy atom. The van der Waals surface area contributed by atoms with E-state index in [2.05, 4.69) is 34.0 Å². The van der Waals surface area contributed by atoms with Crippen LogP contribution in [-0.2, 0) is 14.6 Å². The molecule has 1 fully saturated rings. The highest BCUT2D eigenvalue weighted by molar-refractivity contribution is 7.90. The van der Waals surface area contributed by atoms with Crippen LogP contribution in [-0.4, -0.2) is 50.2 Å². The number of amides is 1. The number of hydrogen-bond acceptors (Lipinski definition) is 6. The number of aryl methyl sites for hydroxylation is 1. The van der Waals surface area contributed by atoms with Gasteiger partial charge in [-0.25, -0.2) is 18.4 Å². The lowest BCUT2D eigenvalue weighted by Gasteiger charge is -2.31. The van der Waals surface area contributed by atoms with Crippen molar-refractivity contribution in [2.75, 3.05) is 30.8 Å². The molecule has 1 saturated heterocycles. The third-order valence-corrected chi connectivity index (χ3v) is 6.86. The zero-order valence-corrected chi connectivity index (χ0v) is 18.4. The summed E-state index contributed by atoms with van der Waals surface area (Å²) in [4.78, 5) is 24.0. The van der Waals surface area contributed by atoms with E-state index in [1.54, 1.807) is 18.2 Å². The van der Waals surface area contributed by atoms with Crippen molar-refractivity contribution in [3.8, 4) is 0 Å². The summed E-state index contributed by atoms with van der Waals surface area (Å²) in [7, 11) is -3.29. The summed E-state index contributed by atoms with van der Waals surface area (Å²) in [5.41, 5.74) is 1.45. The zero-order valence-electron chi connectivity index (χ0n) is 17.6. The maximum Gasteiger partial charge on any atom is 0.226 e. The first-order valence-electron chi connectivity index (χ1n) is 10.2. The van der Waals surface area contributed by atoms with Gasteiger partial charge in [0.2, 0.25) is 11.9 Å². The van der Waals surface area contributed by atoms with E-state index in [0.29, 0.717) is 30.5 Å². The Hall–Kier alpha value is -2.22. The number of carbonyl (C=O) groups is 1. The molecule has 0 radical (unpaired) electrons. The molecular formula is C21H30N4O3S. The fourth-order valence-corrected chi connectivity index (χ4v) is 4.17. The average molecular weight is 419 g/mol. The number of nitrogens with zero attached hydrogens (tertiary/aromatic N) is 3. The maximum absolute atomic E-state index is 12.4. The van der Waals surface area contributed by atoms with Crippen molar-refractivity contribution >= 4 is 32.6 Å². The molecule has 0 aliphatic carbocycles. The Morgan fingerprint density at radius 1 is 1.28 bits per heavy atom. The van der Waals surface area contributed by atoms with Crippen molar-refractivity contribution in [1.29, 1.82) is 0 Å². The van der Waals surface area contributed by atoms with Gasteiger partial charge in [-0.1, -0.05) is 20.3 Å². The first kappa shape index (κ1) is 21.5. The second-order valence-corrected chi connectivity index (χ2v) is 10.1. The van der Waals surface area contributed by atoms with Crippen LogP contribution in [0.5, 0.6) is 0 Å². The van der Waals surface area contributed by atoms with Gasteiger partial charge < -0.3 is 10.2 Å². The van der Waals surface area contributed by atoms with Gasteiger partial charge in [0, 0.05) is 37.2 Å². The van der Waals surface area contributed by atoms with Gasteiger partial charge in [-0.3, -0.25) is 4.79 Å². The second kappa shape index (κ2) is 8.65. The van der Waals surface area contributed by atoms with Gasteiger partial charge in [0.1, 0.15) is 0 Å². The summed E-state index contributed by atoms with van der Waals surface area (Å²) in [6, 6.07) is 4.97. The van der Waals surface area contributed by atoms with Crippen LogP contribution >= 0.6 is 0 Å². The number of piperidine rings is 1. The molecule has 2 heterocycles. The van der Waals surface area contributed by atoms with Crippen LogP contribution in [0.1, 0.15) is 38.8 Å². The molecule has 0 unspecified atom stereocenters. The predicted octanol–water partition coefficient (Wildman–Crippen LogP) is 2.72. The molecular weight excluding hydrogens is 388 g/mol. The van der Waals surface area contributed by atoms with E-state index >= 15 is 0 Å². The smallest absolute Gasteiger partial charge is 0.226 e. The molecule has 1 aliphatic rings. The minimum Gasteiger partial charge on any atom is -0.356 e. The van der Waals surface area contributed by atoms with E-state index in [0.717, 1.165) is 36.9 Å². The molecule has 0 spiro atoms. The molecule has 0 saturated carbocycles. The molecule has 1 amide bonds. The van der Waals surface area contributed by atoms with Crippen LogP contribution in [0.15, 0.2) is 23.1 Å². The topological polar surface area (TPSA) is 92.3 Å². The minimum absolute atomic E-state index is 0.0219. The van der Waals surface area contributed by atoms with Gasteiger partial charge >= 0.3 is 0 Å². The Morgan fingerprint density at radius 2 is 1.97 bits per heavy atom. The largest absolute Gasteiger partial charge is 0.356 e. The fraction of sp³-hybridized carbons (Fsp3) is 0.571. The van der Waals surface area contributed by atoms with Crippen LogP contribution in [0.4, 0.5) is 5.95 Å². The lowest BCUT2D eigenvalue weighted by Crippen LogP contribution is -2.42. The van der Waals surface area contributed by atoms with E-state index in [1.165, 1.54) is 6.26 Å². The van der Waals surface area contributed by atoms with Crippen molar-refractivity contribution in [2.45, 2.75) is 44.9 Å². The molecule has 1 aromatic carbocycles. The number of anilines is 1. The zero-order chi connectivity index (χ0) is 21.2. The fourth-order valence-electron chi connectivity index (χ4n) is 3.53. The SMILES string of the molecule is CC[C@@H](C)CNC(=O)C1CCN(c2nc(C)c3ccc(S(C)(=O)=O)cc3n2)CC1. The van der Waals surface area contributed by atoms with E-state index in [4.69, 9.17) is 0 Å². The molecule has 3 rings (SSSR count). The van der Waals surface area contributed by atoms with Gasteiger partial charge in [-0.05, 0) is 43.9 Å². The van der Waals surface area contributed by atoms with Crippen LogP contribution in [0.3, 0.4) is 0 Å². The summed E-state index contributed by atoms with van der Waals surface area (Å²) in [6.07, 6.45) is 3.77. The number of rotatable bonds is 6. The minimum atomic E-state index is -3.29. The van der Waals surface area contributed by atoms with E-state index in [9.17, 15) is 13.2 Å². The summed E-state index contributed by atoms with van der Waals surface area (Å²) < 4.78 is 23.7. The molecule has 8 heteroatoms. The molecule has 1 N–H and O–H groups in total. The highest BCUT2D eigenvalue weighted by Gasteiger charge is 2.26. The van der Waals surface area contributed by atoms with Gasteiger partial charge in [0.15, 0.2) is 9.84 Å². The summed E-state index contributed by atoms with van der Waals surface area (Å²) in [6.45, 7) is 8.31. The summed E-state index contributed by atoms with van der Waals surface area (Å²) >= 11 is 0. The lowest BCUT2D eigenvalue weighted by molar-refractivity contribution is -0.125. The number of nitrogens with one attached hydrogen (secondary N) is 1. The third-order valence-electron chi connectivity index (χ3n) is 5.75. The number of aromatic nitrogens is 2. The Bertz CT molecular complexity index is 998. The van der Waals surface area contributed by atoms with Gasteiger partial charge in [0.05, 0.1) is 16.1 Å². The Balaban J connectivity index is 1.72. The first-order chi connectivity index (χ1) is 13.7. The summed E-state index contributed by atoms with van der Waals surface area (Å²) in [5, 5.41) is 3.91. The van der Waals surface area contributed by atoms with Crippen LogP contribution in [0, 0.1) is 18.8 Å². The van der Waals surface area contributed by atoms with E-state index in [-0.39, 0.29) is 16.7 Å². The highest BCUT2D eigenvalue weighted by Crippen LogP contribution is 2.25. The average Bonchev–Trinajstić information content (AvgIpc) is 2.70. The normalized spacial score (nSPS) is 16.8. The van der Waals surface area contributed by atoms with Crippen molar-refractivity contribution < 1.29 is 13.2 Å². The number of carbonyl (C=O) groups excluding carboxylic acids is 1. The standard InChI is InChI=1S/C21H30N4O3S/c1-5-14(2)13-22-20(26)16-8-10-25(11-9-16)21-23-15(3)18-7-6-17(29(4,27)28)12-19(18)24-21/h6-7,12,14,16H,5,8-11,13H2,1-4H3,(H,22,26)/t14-/m1/s1. The molecule has 2 aromatic rings. The third kappa shape index (κ3) is 5.04. The monoisotopic (exact) mass is 418 g/mol. The quantitative estimate of drug-likeness (QED) is 0.775. The maximum atomic E-state index is 12.4. The van der Waals surface area contributed by atoms with Gasteiger partial charge in [-0.2, -0.15) is 0 Å². The van der Waals surface area contributed by atoms with Crippen LogP contribution in [0.25, 0.3) is 10.9 Å². The lowest BCUT2D eigenvalue weighted by atomic mass is 9.95. The Labute approximate surface area is 172 Å². The van der Waals surface area contributed by atoms with E-state index < -0.39 is 9.84 Å². The van der Waals surface area contributed by atoms with Crippen molar-refractivity contribution in [3.05, 3.63) is 23.9 Å². The number of benzene rings is 1. The molecule has 158 valence electrons. The molecule has 0 bridgehead atoms. The highest BCUT2D eigenvalue weighted by atomic mass is 32.2. The van der Waals surface area contributed by atoms with Crippen LogP contribution < -0.4 is 10.2 Å². The van der Waals surface area contributed by atoms with Crippen molar-refractivity contribution in [2.24, 2.45) is 11.8 Å². The molecule has 29 heavy (non-hydrogen) atoms.